The van der Waals surface area contributed by atoms with Crippen molar-refractivity contribution in [2.45, 2.75) is 31.6 Å². The standard InChI is InChI=1S/C13H14BrNO/c1-9-6-11(14)10(7-12(9)16-2)13(8-15)4-3-5-13/h6-7H,3-5H2,1-2H3. The number of nitriles is 1. The number of ether oxygens (including phenoxy) is 1. The Morgan fingerprint density at radius 1 is 1.44 bits per heavy atom. The predicted octanol–water partition coefficient (Wildman–Crippen LogP) is 3.71. The van der Waals surface area contributed by atoms with Gasteiger partial charge in [0.05, 0.1) is 18.6 Å². The van der Waals surface area contributed by atoms with Crippen LogP contribution in [0.5, 0.6) is 5.75 Å². The van der Waals surface area contributed by atoms with E-state index < -0.39 is 0 Å². The molecule has 1 saturated carbocycles. The van der Waals surface area contributed by atoms with E-state index in [1.165, 1.54) is 0 Å². The molecule has 0 saturated heterocycles. The van der Waals surface area contributed by atoms with Crippen molar-refractivity contribution in [3.63, 3.8) is 0 Å². The molecule has 0 aromatic heterocycles. The van der Waals surface area contributed by atoms with Crippen LogP contribution in [0.4, 0.5) is 0 Å². The first kappa shape index (κ1) is 11.5. The minimum absolute atomic E-state index is 0.292. The lowest BCUT2D eigenvalue weighted by molar-refractivity contribution is 0.320. The van der Waals surface area contributed by atoms with Crippen molar-refractivity contribution >= 4 is 15.9 Å². The van der Waals surface area contributed by atoms with Crippen LogP contribution < -0.4 is 4.74 Å². The van der Waals surface area contributed by atoms with Gasteiger partial charge in [0, 0.05) is 4.47 Å². The molecule has 0 spiro atoms. The number of methoxy groups -OCH3 is 1. The predicted molar refractivity (Wildman–Crippen MR) is 66.6 cm³/mol. The van der Waals surface area contributed by atoms with Crippen LogP contribution in [0.1, 0.15) is 30.4 Å². The first-order chi connectivity index (χ1) is 7.63. The maximum absolute atomic E-state index is 9.34. The molecule has 0 radical (unpaired) electrons. The second kappa shape index (κ2) is 4.10. The van der Waals surface area contributed by atoms with Crippen LogP contribution in [0, 0.1) is 18.3 Å². The molecule has 0 N–H and O–H groups in total. The highest BCUT2D eigenvalue weighted by molar-refractivity contribution is 9.10. The van der Waals surface area contributed by atoms with Crippen LogP contribution in [0.25, 0.3) is 0 Å². The molecular weight excluding hydrogens is 266 g/mol. The van der Waals surface area contributed by atoms with Gasteiger partial charge in [-0.1, -0.05) is 15.9 Å². The summed E-state index contributed by atoms with van der Waals surface area (Å²) in [7, 11) is 1.67. The van der Waals surface area contributed by atoms with Crippen molar-refractivity contribution in [1.29, 1.82) is 5.26 Å². The topological polar surface area (TPSA) is 33.0 Å². The van der Waals surface area contributed by atoms with Crippen molar-refractivity contribution in [3.8, 4) is 11.8 Å². The molecule has 1 fully saturated rings. The third-order valence-corrected chi connectivity index (χ3v) is 4.08. The number of hydrogen-bond acceptors (Lipinski definition) is 2. The van der Waals surface area contributed by atoms with E-state index in [4.69, 9.17) is 4.74 Å². The fourth-order valence-corrected chi connectivity index (χ4v) is 3.05. The zero-order chi connectivity index (χ0) is 11.8. The maximum atomic E-state index is 9.34. The van der Waals surface area contributed by atoms with E-state index in [1.54, 1.807) is 7.11 Å². The SMILES string of the molecule is COc1cc(C2(C#N)CCC2)c(Br)cc1C. The average molecular weight is 280 g/mol. The zero-order valence-corrected chi connectivity index (χ0v) is 11.1. The fraction of sp³-hybridized carbons (Fsp3) is 0.462. The Kier molecular flexibility index (Phi) is 2.94. The summed E-state index contributed by atoms with van der Waals surface area (Å²) in [6.45, 7) is 2.01. The van der Waals surface area contributed by atoms with Crippen LogP contribution >= 0.6 is 15.9 Å². The molecular formula is C13H14BrNO. The largest absolute Gasteiger partial charge is 0.496 e. The van der Waals surface area contributed by atoms with Gasteiger partial charge in [-0.3, -0.25) is 0 Å². The Labute approximate surface area is 104 Å². The van der Waals surface area contributed by atoms with Crippen LogP contribution in [-0.4, -0.2) is 7.11 Å². The Hall–Kier alpha value is -1.01. The summed E-state index contributed by atoms with van der Waals surface area (Å²) < 4.78 is 6.34. The van der Waals surface area contributed by atoms with Crippen molar-refractivity contribution in [2.75, 3.05) is 7.11 Å². The van der Waals surface area contributed by atoms with Crippen molar-refractivity contribution in [2.24, 2.45) is 0 Å². The molecule has 0 bridgehead atoms. The van der Waals surface area contributed by atoms with Gasteiger partial charge in [0.15, 0.2) is 0 Å². The Morgan fingerprint density at radius 2 is 2.12 bits per heavy atom. The van der Waals surface area contributed by atoms with Crippen molar-refractivity contribution in [1.82, 2.24) is 0 Å². The molecule has 1 aliphatic carbocycles. The highest BCUT2D eigenvalue weighted by atomic mass is 79.9. The molecule has 0 atom stereocenters. The van der Waals surface area contributed by atoms with Crippen LogP contribution in [-0.2, 0) is 5.41 Å². The first-order valence-corrected chi connectivity index (χ1v) is 6.18. The molecule has 0 amide bonds. The second-order valence-electron chi connectivity index (χ2n) is 4.35. The number of rotatable bonds is 2. The highest BCUT2D eigenvalue weighted by Crippen LogP contribution is 2.47. The Morgan fingerprint density at radius 3 is 2.56 bits per heavy atom. The fourth-order valence-electron chi connectivity index (χ4n) is 2.21. The van der Waals surface area contributed by atoms with Gasteiger partial charge in [0.25, 0.3) is 0 Å². The quantitative estimate of drug-likeness (QED) is 0.827. The summed E-state index contributed by atoms with van der Waals surface area (Å²) in [4.78, 5) is 0. The molecule has 1 aromatic carbocycles. The van der Waals surface area contributed by atoms with E-state index in [0.717, 1.165) is 40.6 Å². The average Bonchev–Trinajstić information content (AvgIpc) is 2.20. The number of halogens is 1. The van der Waals surface area contributed by atoms with E-state index in [9.17, 15) is 5.26 Å². The smallest absolute Gasteiger partial charge is 0.122 e. The number of nitrogens with zero attached hydrogens (tertiary/aromatic N) is 1. The van der Waals surface area contributed by atoms with Crippen LogP contribution in [0.15, 0.2) is 16.6 Å². The third-order valence-electron chi connectivity index (χ3n) is 3.42. The molecule has 1 aromatic rings. The van der Waals surface area contributed by atoms with Crippen LogP contribution in [0.3, 0.4) is 0 Å². The number of aryl methyl sites for hydroxylation is 1. The van der Waals surface area contributed by atoms with E-state index in [2.05, 4.69) is 22.0 Å². The molecule has 16 heavy (non-hydrogen) atoms. The molecule has 0 heterocycles. The van der Waals surface area contributed by atoms with E-state index in [-0.39, 0.29) is 5.41 Å². The summed E-state index contributed by atoms with van der Waals surface area (Å²) in [5.74, 6) is 0.861. The summed E-state index contributed by atoms with van der Waals surface area (Å²) in [5, 5.41) is 9.34. The summed E-state index contributed by atoms with van der Waals surface area (Å²) >= 11 is 3.56. The second-order valence-corrected chi connectivity index (χ2v) is 5.20. The van der Waals surface area contributed by atoms with Gasteiger partial charge >= 0.3 is 0 Å². The van der Waals surface area contributed by atoms with E-state index in [0.29, 0.717) is 0 Å². The lowest BCUT2D eigenvalue weighted by Gasteiger charge is -2.36. The van der Waals surface area contributed by atoms with Crippen molar-refractivity contribution in [3.05, 3.63) is 27.7 Å². The molecule has 0 aliphatic heterocycles. The monoisotopic (exact) mass is 279 g/mol. The molecule has 84 valence electrons. The molecule has 3 heteroatoms. The third kappa shape index (κ3) is 1.62. The van der Waals surface area contributed by atoms with Crippen LogP contribution in [0.2, 0.25) is 0 Å². The van der Waals surface area contributed by atoms with Gasteiger partial charge < -0.3 is 4.74 Å². The molecule has 2 rings (SSSR count). The Bertz CT molecular complexity index is 458. The van der Waals surface area contributed by atoms with Gasteiger partial charge in [0.1, 0.15) is 5.75 Å². The van der Waals surface area contributed by atoms with Gasteiger partial charge in [0.2, 0.25) is 0 Å². The minimum atomic E-state index is -0.292. The van der Waals surface area contributed by atoms with Gasteiger partial charge in [-0.05, 0) is 49.4 Å². The van der Waals surface area contributed by atoms with Crippen molar-refractivity contribution < 1.29 is 4.74 Å². The molecule has 1 aliphatic rings. The summed E-state index contributed by atoms with van der Waals surface area (Å²) in [6, 6.07) is 6.49. The number of hydrogen-bond donors (Lipinski definition) is 0. The summed E-state index contributed by atoms with van der Waals surface area (Å²) in [6.07, 6.45) is 3.04. The molecule has 2 nitrogen and oxygen atoms in total. The normalized spacial score (nSPS) is 17.4. The molecule has 0 unspecified atom stereocenters. The Balaban J connectivity index is 2.53. The van der Waals surface area contributed by atoms with Gasteiger partial charge in [-0.15, -0.1) is 0 Å². The van der Waals surface area contributed by atoms with Gasteiger partial charge in [-0.25, -0.2) is 0 Å². The minimum Gasteiger partial charge on any atom is -0.496 e. The zero-order valence-electron chi connectivity index (χ0n) is 9.51. The number of benzene rings is 1. The lowest BCUT2D eigenvalue weighted by atomic mass is 9.65. The lowest BCUT2D eigenvalue weighted by Crippen LogP contribution is -2.32. The van der Waals surface area contributed by atoms with E-state index in [1.807, 2.05) is 19.1 Å². The summed E-state index contributed by atoms with van der Waals surface area (Å²) in [5.41, 5.74) is 1.87. The highest BCUT2D eigenvalue weighted by Gasteiger charge is 2.40. The maximum Gasteiger partial charge on any atom is 0.122 e. The first-order valence-electron chi connectivity index (χ1n) is 5.39. The van der Waals surface area contributed by atoms with Gasteiger partial charge in [-0.2, -0.15) is 5.26 Å². The van der Waals surface area contributed by atoms with E-state index >= 15 is 0 Å².